The third-order valence-corrected chi connectivity index (χ3v) is 5.19. The lowest BCUT2D eigenvalue weighted by Crippen LogP contribution is -2.19. The molecule has 0 aliphatic rings. The fourth-order valence-corrected chi connectivity index (χ4v) is 3.37. The molecule has 2 aromatic rings. The molecule has 0 aliphatic carbocycles. The van der Waals surface area contributed by atoms with Crippen LogP contribution in [0.1, 0.15) is 5.56 Å². The zero-order chi connectivity index (χ0) is 18.4. The van der Waals surface area contributed by atoms with Crippen molar-refractivity contribution in [2.24, 2.45) is 0 Å². The first-order valence-electron chi connectivity index (χ1n) is 7.22. The summed E-state index contributed by atoms with van der Waals surface area (Å²) in [5.74, 6) is -0.1000. The van der Waals surface area contributed by atoms with Crippen LogP contribution >= 0.6 is 15.9 Å². The molecule has 0 radical (unpaired) electrons. The number of sulfonamides is 1. The molecule has 2 rings (SSSR count). The van der Waals surface area contributed by atoms with E-state index in [1.54, 1.807) is 18.2 Å². The number of halogens is 1. The highest BCUT2D eigenvalue weighted by molar-refractivity contribution is 9.10. The number of benzene rings is 2. The maximum Gasteiger partial charge on any atom is 0.248 e. The number of carbonyl (C=O) groups excluding carboxylic acids is 1. The average Bonchev–Trinajstić information content (AvgIpc) is 2.59. The van der Waals surface area contributed by atoms with Gasteiger partial charge in [-0.1, -0.05) is 28.1 Å². The number of rotatable bonds is 6. The summed E-state index contributed by atoms with van der Waals surface area (Å²) in [5, 5.41) is 2.72. The van der Waals surface area contributed by atoms with Gasteiger partial charge in [-0.05, 0) is 49.0 Å². The third-order valence-electron chi connectivity index (χ3n) is 3.27. The highest BCUT2D eigenvalue weighted by atomic mass is 79.9. The Morgan fingerprint density at radius 2 is 1.96 bits per heavy atom. The number of hydrogen-bond donors (Lipinski definition) is 2. The lowest BCUT2D eigenvalue weighted by molar-refractivity contribution is -0.111. The Kier molecular flexibility index (Phi) is 6.35. The summed E-state index contributed by atoms with van der Waals surface area (Å²) in [6.07, 6.45) is 2.86. The van der Waals surface area contributed by atoms with Crippen molar-refractivity contribution >= 4 is 43.6 Å². The van der Waals surface area contributed by atoms with E-state index in [1.807, 2.05) is 12.1 Å². The molecule has 132 valence electrons. The van der Waals surface area contributed by atoms with Crippen molar-refractivity contribution in [2.45, 2.75) is 4.90 Å². The summed E-state index contributed by atoms with van der Waals surface area (Å²) in [6.45, 7) is 0. The molecule has 6 nitrogen and oxygen atoms in total. The smallest absolute Gasteiger partial charge is 0.248 e. The summed E-state index contributed by atoms with van der Waals surface area (Å²) in [4.78, 5) is 12.0. The van der Waals surface area contributed by atoms with Crippen molar-refractivity contribution in [2.75, 3.05) is 19.5 Å². The topological polar surface area (TPSA) is 84.5 Å². The molecule has 1 amide bonds. The fourth-order valence-electron chi connectivity index (χ4n) is 2.04. The Morgan fingerprint density at radius 1 is 1.20 bits per heavy atom. The minimum absolute atomic E-state index is 0.00653. The monoisotopic (exact) mass is 424 g/mol. The molecule has 25 heavy (non-hydrogen) atoms. The molecule has 0 aromatic heterocycles. The van der Waals surface area contributed by atoms with Gasteiger partial charge in [0.1, 0.15) is 10.6 Å². The number of amides is 1. The highest BCUT2D eigenvalue weighted by Gasteiger charge is 2.17. The SMILES string of the molecule is CNS(=O)(=O)c1cc(/C=C/C(=O)Nc2cccc(Br)c2)ccc1OC. The lowest BCUT2D eigenvalue weighted by Gasteiger charge is -2.09. The summed E-state index contributed by atoms with van der Waals surface area (Å²) in [6, 6.07) is 11.8. The summed E-state index contributed by atoms with van der Waals surface area (Å²) in [7, 11) is -0.954. The first-order valence-corrected chi connectivity index (χ1v) is 9.49. The van der Waals surface area contributed by atoms with Crippen LogP contribution in [0.5, 0.6) is 5.75 Å². The maximum atomic E-state index is 12.0. The van der Waals surface area contributed by atoms with E-state index < -0.39 is 10.0 Å². The van der Waals surface area contributed by atoms with Crippen LogP contribution in [-0.2, 0) is 14.8 Å². The largest absolute Gasteiger partial charge is 0.495 e. The molecular weight excluding hydrogens is 408 g/mol. The van der Waals surface area contributed by atoms with Gasteiger partial charge in [-0.15, -0.1) is 0 Å². The number of nitrogens with one attached hydrogen (secondary N) is 2. The Balaban J connectivity index is 2.20. The molecule has 0 aliphatic heterocycles. The van der Waals surface area contributed by atoms with Crippen molar-refractivity contribution in [3.63, 3.8) is 0 Å². The Labute approximate surface area is 155 Å². The van der Waals surface area contributed by atoms with Gasteiger partial charge in [0.25, 0.3) is 0 Å². The molecule has 0 bridgehead atoms. The van der Waals surface area contributed by atoms with Crippen molar-refractivity contribution in [1.29, 1.82) is 0 Å². The molecule has 8 heteroatoms. The van der Waals surface area contributed by atoms with Crippen LogP contribution in [0.2, 0.25) is 0 Å². The Hall–Kier alpha value is -2.16. The van der Waals surface area contributed by atoms with Gasteiger partial charge in [-0.25, -0.2) is 13.1 Å². The van der Waals surface area contributed by atoms with Gasteiger partial charge in [-0.2, -0.15) is 0 Å². The van der Waals surface area contributed by atoms with Crippen LogP contribution in [0.4, 0.5) is 5.69 Å². The third kappa shape index (κ3) is 5.15. The van der Waals surface area contributed by atoms with E-state index in [9.17, 15) is 13.2 Å². The van der Waals surface area contributed by atoms with Gasteiger partial charge < -0.3 is 10.1 Å². The number of hydrogen-bond acceptors (Lipinski definition) is 4. The van der Waals surface area contributed by atoms with E-state index in [-0.39, 0.29) is 16.6 Å². The van der Waals surface area contributed by atoms with Gasteiger partial charge >= 0.3 is 0 Å². The molecule has 0 atom stereocenters. The second-order valence-electron chi connectivity index (χ2n) is 4.95. The number of ether oxygens (including phenoxy) is 1. The maximum absolute atomic E-state index is 12.0. The summed E-state index contributed by atoms with van der Waals surface area (Å²) < 4.78 is 32.3. The summed E-state index contributed by atoms with van der Waals surface area (Å²) >= 11 is 3.33. The molecule has 2 aromatic carbocycles. The van der Waals surface area contributed by atoms with Crippen molar-refractivity contribution < 1.29 is 17.9 Å². The molecule has 0 heterocycles. The highest BCUT2D eigenvalue weighted by Crippen LogP contribution is 2.25. The first kappa shape index (κ1) is 19.2. The minimum atomic E-state index is -3.67. The average molecular weight is 425 g/mol. The Morgan fingerprint density at radius 3 is 2.60 bits per heavy atom. The Bertz CT molecular complexity index is 911. The molecule has 0 unspecified atom stereocenters. The van der Waals surface area contributed by atoms with Gasteiger partial charge in [0.15, 0.2) is 0 Å². The fraction of sp³-hybridized carbons (Fsp3) is 0.118. The van der Waals surface area contributed by atoms with Crippen LogP contribution in [0.15, 0.2) is 57.9 Å². The minimum Gasteiger partial charge on any atom is -0.495 e. The van der Waals surface area contributed by atoms with E-state index in [1.165, 1.54) is 38.4 Å². The van der Waals surface area contributed by atoms with Crippen LogP contribution in [0.25, 0.3) is 6.08 Å². The summed E-state index contributed by atoms with van der Waals surface area (Å²) in [5.41, 5.74) is 1.20. The number of methoxy groups -OCH3 is 1. The van der Waals surface area contributed by atoms with Gasteiger partial charge in [0.2, 0.25) is 15.9 Å². The molecule has 0 spiro atoms. The number of anilines is 1. The quantitative estimate of drug-likeness (QED) is 0.697. The van der Waals surface area contributed by atoms with E-state index in [2.05, 4.69) is 26.0 Å². The predicted octanol–water partition coefficient (Wildman–Crippen LogP) is 3.02. The number of carbonyl (C=O) groups is 1. The van der Waals surface area contributed by atoms with E-state index in [4.69, 9.17) is 4.74 Å². The predicted molar refractivity (Wildman–Crippen MR) is 101 cm³/mol. The first-order chi connectivity index (χ1) is 11.9. The van der Waals surface area contributed by atoms with Crippen molar-refractivity contribution in [3.05, 3.63) is 58.6 Å². The van der Waals surface area contributed by atoms with E-state index in [0.29, 0.717) is 11.3 Å². The van der Waals surface area contributed by atoms with Gasteiger partial charge in [0.05, 0.1) is 7.11 Å². The molecular formula is C17H17BrN2O4S. The zero-order valence-electron chi connectivity index (χ0n) is 13.6. The van der Waals surface area contributed by atoms with E-state index >= 15 is 0 Å². The van der Waals surface area contributed by atoms with Crippen LogP contribution in [0, 0.1) is 0 Å². The van der Waals surface area contributed by atoms with Gasteiger partial charge in [0, 0.05) is 16.2 Å². The van der Waals surface area contributed by atoms with Crippen LogP contribution in [0.3, 0.4) is 0 Å². The molecule has 0 saturated heterocycles. The van der Waals surface area contributed by atoms with Crippen molar-refractivity contribution in [1.82, 2.24) is 4.72 Å². The zero-order valence-corrected chi connectivity index (χ0v) is 16.0. The second kappa shape index (κ2) is 8.28. The van der Waals surface area contributed by atoms with Crippen LogP contribution in [-0.4, -0.2) is 28.5 Å². The van der Waals surface area contributed by atoms with Crippen LogP contribution < -0.4 is 14.8 Å². The molecule has 0 fully saturated rings. The lowest BCUT2D eigenvalue weighted by atomic mass is 10.2. The molecule has 0 saturated carbocycles. The molecule has 2 N–H and O–H groups in total. The standard InChI is InChI=1S/C17H17BrN2O4S/c1-19-25(22,23)16-10-12(6-8-15(16)24-2)7-9-17(21)20-14-5-3-4-13(18)11-14/h3-11,19H,1-2H3,(H,20,21)/b9-7+. The normalized spacial score (nSPS) is 11.5. The van der Waals surface area contributed by atoms with E-state index in [0.717, 1.165) is 4.47 Å². The van der Waals surface area contributed by atoms with Gasteiger partial charge in [-0.3, -0.25) is 4.79 Å². The second-order valence-corrected chi connectivity index (χ2v) is 7.72. The van der Waals surface area contributed by atoms with Crippen molar-refractivity contribution in [3.8, 4) is 5.75 Å².